The molecule has 21 nitrogen and oxygen atoms in total. The van der Waals surface area contributed by atoms with Gasteiger partial charge in [0.15, 0.2) is 18.5 Å². The Morgan fingerprint density at radius 2 is 1.31 bits per heavy atom. The van der Waals surface area contributed by atoms with Crippen LogP contribution in [0.25, 0.3) is 0 Å². The molecule has 1 saturated heterocycles. The highest BCUT2D eigenvalue weighted by Gasteiger charge is 2.51. The van der Waals surface area contributed by atoms with Gasteiger partial charge in [-0.3, -0.25) is 24.0 Å². The maximum absolute atomic E-state index is 13.0. The fraction of sp³-hybridized carbons (Fsp3) is 0.547. The number of hydrogen-bond donors (Lipinski definition) is 2. The van der Waals surface area contributed by atoms with Crippen LogP contribution in [0.5, 0.6) is 11.5 Å². The van der Waals surface area contributed by atoms with Gasteiger partial charge in [0.05, 0.1) is 66.4 Å². The Labute approximate surface area is 440 Å². The predicted molar refractivity (Wildman–Crippen MR) is 273 cm³/mol. The van der Waals surface area contributed by atoms with Gasteiger partial charge in [-0.2, -0.15) is 5.26 Å². The molecule has 22 heteroatoms. The Hall–Kier alpha value is -5.79. The number of carbonyl (C=O) groups is 5. The van der Waals surface area contributed by atoms with E-state index in [1.54, 1.807) is 14.2 Å². The third-order valence-corrected chi connectivity index (χ3v) is 13.4. The Morgan fingerprint density at radius 1 is 0.733 bits per heavy atom. The van der Waals surface area contributed by atoms with Crippen molar-refractivity contribution in [2.75, 3.05) is 73.6 Å². The van der Waals surface area contributed by atoms with E-state index in [1.165, 1.54) is 13.8 Å². The number of nitrogens with zero attached hydrogens (tertiary/aromatic N) is 2. The molecule has 0 bridgehead atoms. The van der Waals surface area contributed by atoms with Crippen molar-refractivity contribution >= 4 is 38.2 Å². The van der Waals surface area contributed by atoms with Crippen molar-refractivity contribution in [3.63, 3.8) is 0 Å². The fourth-order valence-electron chi connectivity index (χ4n) is 8.16. The van der Waals surface area contributed by atoms with E-state index in [4.69, 9.17) is 56.4 Å². The fourth-order valence-corrected chi connectivity index (χ4v) is 9.84. The Bertz CT molecular complexity index is 2210. The first kappa shape index (κ1) is 61.8. The number of benzene rings is 3. The molecule has 0 saturated carbocycles. The minimum atomic E-state index is -1.72. The Balaban J connectivity index is 1.47. The van der Waals surface area contributed by atoms with E-state index in [0.717, 1.165) is 30.5 Å². The smallest absolute Gasteiger partial charge is 0.303 e. The van der Waals surface area contributed by atoms with Crippen LogP contribution < -0.4 is 20.1 Å². The molecule has 412 valence electrons. The van der Waals surface area contributed by atoms with Gasteiger partial charge in [-0.15, -0.1) is 0 Å². The first-order chi connectivity index (χ1) is 35.9. The highest BCUT2D eigenvalue weighted by Crippen LogP contribution is 2.48. The number of carbonyl (C=O) groups excluding carboxylic acids is 5. The minimum absolute atomic E-state index is 0.0217. The molecule has 3 aromatic rings. The van der Waals surface area contributed by atoms with E-state index in [2.05, 4.69) is 49.1 Å². The molecule has 0 aromatic heterocycles. The summed E-state index contributed by atoms with van der Waals surface area (Å²) in [5, 5.41) is 14.7. The normalized spacial score (nSPS) is 18.4. The minimum Gasteiger partial charge on any atom is -0.497 e. The van der Waals surface area contributed by atoms with Crippen LogP contribution in [0.15, 0.2) is 78.9 Å². The summed E-state index contributed by atoms with van der Waals surface area (Å²) in [6, 6.07) is 26.3. The van der Waals surface area contributed by atoms with E-state index in [1.807, 2.05) is 78.9 Å². The van der Waals surface area contributed by atoms with E-state index < -0.39 is 93.8 Å². The van der Waals surface area contributed by atoms with E-state index in [9.17, 15) is 29.2 Å². The number of rotatable bonds is 32. The molecule has 0 spiro atoms. The molecular weight excluding hydrogens is 996 g/mol. The van der Waals surface area contributed by atoms with Crippen LogP contribution in [0.3, 0.4) is 0 Å². The summed E-state index contributed by atoms with van der Waals surface area (Å²) in [4.78, 5) is 61.2. The van der Waals surface area contributed by atoms with Gasteiger partial charge in [-0.05, 0) is 68.7 Å². The van der Waals surface area contributed by atoms with Gasteiger partial charge in [0.2, 0.25) is 11.8 Å². The van der Waals surface area contributed by atoms with Crippen LogP contribution in [0.2, 0.25) is 0 Å². The predicted octanol–water partition coefficient (Wildman–Crippen LogP) is 5.50. The molecule has 1 aliphatic heterocycles. The topological polar surface area (TPSA) is 247 Å². The quantitative estimate of drug-likeness (QED) is 0.0258. The van der Waals surface area contributed by atoms with Crippen molar-refractivity contribution in [3.8, 4) is 17.6 Å². The summed E-state index contributed by atoms with van der Waals surface area (Å²) < 4.78 is 73.4. The summed E-state index contributed by atoms with van der Waals surface area (Å²) in [6.07, 6.45) is -5.81. The molecule has 1 heterocycles. The van der Waals surface area contributed by atoms with Gasteiger partial charge in [0.1, 0.15) is 48.6 Å². The first-order valence-corrected chi connectivity index (χ1v) is 25.7. The van der Waals surface area contributed by atoms with Crippen LogP contribution in [-0.4, -0.2) is 157 Å². The highest BCUT2D eigenvalue weighted by molar-refractivity contribution is 7.44. The summed E-state index contributed by atoms with van der Waals surface area (Å²) in [5.74, 6) is -1.98. The van der Waals surface area contributed by atoms with E-state index in [-0.39, 0.29) is 64.7 Å². The van der Waals surface area contributed by atoms with Gasteiger partial charge in [-0.25, -0.2) is 4.67 Å². The second-order valence-electron chi connectivity index (χ2n) is 17.7. The van der Waals surface area contributed by atoms with Gasteiger partial charge in [0.25, 0.3) is 8.53 Å². The second kappa shape index (κ2) is 31.9. The van der Waals surface area contributed by atoms with Crippen LogP contribution in [-0.2, 0) is 76.5 Å². The van der Waals surface area contributed by atoms with Crippen LogP contribution in [0.4, 0.5) is 0 Å². The highest BCUT2D eigenvalue weighted by atomic mass is 31.2. The maximum Gasteiger partial charge on any atom is 0.303 e. The zero-order chi connectivity index (χ0) is 54.9. The second-order valence-corrected chi connectivity index (χ2v) is 19.1. The first-order valence-electron chi connectivity index (χ1n) is 24.6. The Kier molecular flexibility index (Phi) is 26.3. The zero-order valence-electron chi connectivity index (χ0n) is 44.5. The van der Waals surface area contributed by atoms with Crippen molar-refractivity contribution in [3.05, 3.63) is 95.6 Å². The number of hydrogen-bond acceptors (Lipinski definition) is 19. The monoisotopic (exact) mass is 1070 g/mol. The van der Waals surface area contributed by atoms with Gasteiger partial charge in [-0.1, -0.05) is 54.6 Å². The average Bonchev–Trinajstić information content (AvgIpc) is 3.37. The molecule has 2 amide bonds. The summed E-state index contributed by atoms with van der Waals surface area (Å²) in [7, 11) is 1.50. The molecule has 3 aromatic carbocycles. The standard InChI is InChI=1S/C53H73N4O17P/c1-35(2)57(36(3)4)75(70-27-14-25-54)74-46(32-69-53(41-15-12-11-13-16-41,42-17-21-44(63-9)22-18-42)43-19-23-45(64-10)24-20-43)31-66-30-29-65-28-26-55-48(62)34-68-52-49(56-37(5)58)51(72-40(8)61)50(71-39(7)60)47(73-52)33-67-38(6)59/h11-13,15-24,35-36,46-47,49-52H,14,26-34H2,1-10H3,(H,55,62)(H,56,58)/t46-,47+,49+,50-,51+,52+,75?/m0/s1. The average molecular weight is 1070 g/mol. The number of nitriles is 1. The third-order valence-electron chi connectivity index (χ3n) is 11.3. The summed E-state index contributed by atoms with van der Waals surface area (Å²) in [5.41, 5.74) is 1.35. The third kappa shape index (κ3) is 19.4. The van der Waals surface area contributed by atoms with Crippen molar-refractivity contribution in [2.45, 2.75) is 116 Å². The van der Waals surface area contributed by atoms with Crippen molar-refractivity contribution in [1.82, 2.24) is 15.3 Å². The number of nitrogens with one attached hydrogen (secondary N) is 2. The lowest BCUT2D eigenvalue weighted by molar-refractivity contribution is -0.276. The molecular formula is C53H73N4O17P. The molecule has 4 rings (SSSR count). The lowest BCUT2D eigenvalue weighted by atomic mass is 9.80. The van der Waals surface area contributed by atoms with Crippen LogP contribution in [0, 0.1) is 11.3 Å². The molecule has 1 aliphatic rings. The molecule has 1 unspecified atom stereocenters. The molecule has 7 atom stereocenters. The van der Waals surface area contributed by atoms with Gasteiger partial charge in [0, 0.05) is 46.3 Å². The SMILES string of the molecule is COc1ccc(C(OC[C@H](COCCOCCNC(=O)CO[C@@H]2O[C@H](COC(C)=O)[C@H](OC(C)=O)[C@H](OC(C)=O)[C@H]2NC(C)=O)OP(OCCC#N)N(C(C)C)C(C)C)(c2ccccc2)c2ccc(OC)cc2)cc1. The molecule has 2 N–H and O–H groups in total. The lowest BCUT2D eigenvalue weighted by Crippen LogP contribution is -2.66. The van der Waals surface area contributed by atoms with Gasteiger partial charge < -0.3 is 67.0 Å². The van der Waals surface area contributed by atoms with Crippen LogP contribution in [0.1, 0.15) is 78.5 Å². The molecule has 1 fully saturated rings. The van der Waals surface area contributed by atoms with E-state index in [0.29, 0.717) is 11.5 Å². The van der Waals surface area contributed by atoms with E-state index >= 15 is 0 Å². The molecule has 75 heavy (non-hydrogen) atoms. The molecule has 0 aliphatic carbocycles. The largest absolute Gasteiger partial charge is 0.497 e. The number of methoxy groups -OCH3 is 2. The number of ether oxygens (including phenoxy) is 10. The van der Waals surface area contributed by atoms with Gasteiger partial charge >= 0.3 is 17.9 Å². The van der Waals surface area contributed by atoms with Crippen molar-refractivity contribution in [2.24, 2.45) is 0 Å². The number of esters is 3. The van der Waals surface area contributed by atoms with Crippen molar-refractivity contribution < 1.29 is 80.4 Å². The maximum atomic E-state index is 13.0. The van der Waals surface area contributed by atoms with Crippen LogP contribution >= 0.6 is 8.53 Å². The summed E-state index contributed by atoms with van der Waals surface area (Å²) in [6.45, 7) is 12.5. The summed E-state index contributed by atoms with van der Waals surface area (Å²) >= 11 is 0. The lowest BCUT2D eigenvalue weighted by Gasteiger charge is -2.44. The Morgan fingerprint density at radius 3 is 1.84 bits per heavy atom. The molecule has 0 radical (unpaired) electrons. The number of amides is 2. The van der Waals surface area contributed by atoms with Crippen molar-refractivity contribution in [1.29, 1.82) is 5.26 Å². The zero-order valence-corrected chi connectivity index (χ0v) is 45.4.